The van der Waals surface area contributed by atoms with E-state index in [4.69, 9.17) is 4.74 Å². The summed E-state index contributed by atoms with van der Waals surface area (Å²) in [4.78, 5) is 13.1. The number of amides is 1. The van der Waals surface area contributed by atoms with E-state index in [0.717, 1.165) is 22.4 Å². The number of aliphatic hydroxyl groups is 1. The lowest BCUT2D eigenvalue weighted by atomic mass is 9.97. The van der Waals surface area contributed by atoms with Crippen LogP contribution in [0.2, 0.25) is 0 Å². The Hall–Kier alpha value is -4.42. The Morgan fingerprint density at radius 1 is 1.00 bits per heavy atom. The highest BCUT2D eigenvalue weighted by Crippen LogP contribution is 2.34. The van der Waals surface area contributed by atoms with Crippen LogP contribution in [0.15, 0.2) is 96.7 Å². The lowest BCUT2D eigenvalue weighted by molar-refractivity contribution is -0.617. The first-order valence-electron chi connectivity index (χ1n) is 11.8. The molecule has 6 heteroatoms. The van der Waals surface area contributed by atoms with E-state index in [0.29, 0.717) is 21.6 Å². The predicted molar refractivity (Wildman–Crippen MR) is 139 cm³/mol. The van der Waals surface area contributed by atoms with Crippen molar-refractivity contribution < 1.29 is 19.4 Å². The number of carbonyl (C=O) groups is 1. The summed E-state index contributed by atoms with van der Waals surface area (Å²) in [6, 6.07) is 26.0. The molecule has 1 aliphatic rings. The number of aliphatic hydroxyl groups excluding tert-OH is 1. The van der Waals surface area contributed by atoms with Crippen molar-refractivity contribution >= 4 is 17.7 Å². The molecule has 0 radical (unpaired) electrons. The molecule has 0 saturated heterocycles. The number of aromatic nitrogens is 1. The Bertz CT molecular complexity index is 1440. The number of hydrogen-bond acceptors (Lipinski definition) is 4. The molecular weight excluding hydrogens is 452 g/mol. The van der Waals surface area contributed by atoms with Crippen molar-refractivity contribution in [1.82, 2.24) is 0 Å². The quantitative estimate of drug-likeness (QED) is 0.306. The Balaban J connectivity index is 1.34. The molecule has 0 spiro atoms. The van der Waals surface area contributed by atoms with Gasteiger partial charge in [0.25, 0.3) is 5.91 Å². The Labute approximate surface area is 209 Å². The van der Waals surface area contributed by atoms with E-state index in [9.17, 15) is 15.1 Å². The van der Waals surface area contributed by atoms with Crippen molar-refractivity contribution in [3.05, 3.63) is 124 Å². The van der Waals surface area contributed by atoms with E-state index in [2.05, 4.69) is 36.5 Å². The number of aryl methyl sites for hydroxylation is 1. The molecule has 2 N–H and O–H groups in total. The molecule has 0 aliphatic carbocycles. The van der Waals surface area contributed by atoms with Gasteiger partial charge in [-0.25, -0.2) is 0 Å². The van der Waals surface area contributed by atoms with Gasteiger partial charge in [0.15, 0.2) is 12.3 Å². The van der Waals surface area contributed by atoms with Crippen LogP contribution in [-0.2, 0) is 4.79 Å². The molecule has 2 atom stereocenters. The Morgan fingerprint density at radius 3 is 2.44 bits per heavy atom. The van der Waals surface area contributed by atoms with Gasteiger partial charge < -0.3 is 20.4 Å². The number of nitrogens with one attached hydrogen (secondary N) is 1. The van der Waals surface area contributed by atoms with Gasteiger partial charge in [0, 0.05) is 23.4 Å². The van der Waals surface area contributed by atoms with Gasteiger partial charge in [-0.15, -0.1) is 0 Å². The van der Waals surface area contributed by atoms with Gasteiger partial charge in [-0.05, 0) is 66.9 Å². The van der Waals surface area contributed by atoms with Crippen LogP contribution in [0.5, 0.6) is 5.75 Å². The van der Waals surface area contributed by atoms with Gasteiger partial charge in [-0.2, -0.15) is 4.73 Å². The molecule has 180 valence electrons. The SMILES string of the molecule is Cc1ccc(-c2ccc3c(c2)C=C(C(=O)Nc2ccc(C(O)c4cccc[n+]4[O-])cc2)C(C)O3)cc1. The van der Waals surface area contributed by atoms with E-state index in [-0.39, 0.29) is 11.6 Å². The minimum Gasteiger partial charge on any atom is -0.618 e. The van der Waals surface area contributed by atoms with Crippen LogP contribution >= 0.6 is 0 Å². The topological polar surface area (TPSA) is 85.5 Å². The Kier molecular flexibility index (Phi) is 6.27. The summed E-state index contributed by atoms with van der Waals surface area (Å²) < 4.78 is 6.67. The molecule has 0 fully saturated rings. The lowest BCUT2D eigenvalue weighted by Gasteiger charge is -2.24. The summed E-state index contributed by atoms with van der Waals surface area (Å²) in [5.74, 6) is 0.479. The fourth-order valence-electron chi connectivity index (χ4n) is 4.26. The van der Waals surface area contributed by atoms with Crippen LogP contribution in [0.3, 0.4) is 0 Å². The standard InChI is InChI=1S/C30H26N2O4/c1-19-6-8-21(9-7-19)23-12-15-28-24(17-23)18-26(20(2)36-28)30(34)31-25-13-10-22(11-14-25)29(33)27-5-3-4-16-32(27)35/h3-18,20,29,33H,1-2H3,(H,31,34). The summed E-state index contributed by atoms with van der Waals surface area (Å²) >= 11 is 0. The zero-order chi connectivity index (χ0) is 25.2. The maximum Gasteiger partial charge on any atom is 0.255 e. The van der Waals surface area contributed by atoms with Gasteiger partial charge in [0.2, 0.25) is 5.69 Å². The number of nitrogens with zero attached hydrogens (tertiary/aromatic N) is 1. The number of fused-ring (bicyclic) bond motifs is 1. The molecule has 1 aliphatic heterocycles. The second-order valence-electron chi connectivity index (χ2n) is 8.91. The van der Waals surface area contributed by atoms with Crippen molar-refractivity contribution in [2.45, 2.75) is 26.1 Å². The molecule has 5 rings (SSSR count). The van der Waals surface area contributed by atoms with Crippen molar-refractivity contribution in [2.75, 3.05) is 5.32 Å². The van der Waals surface area contributed by atoms with E-state index in [1.54, 1.807) is 42.5 Å². The summed E-state index contributed by atoms with van der Waals surface area (Å²) in [6.07, 6.45) is 1.74. The maximum atomic E-state index is 13.1. The number of benzene rings is 3. The third kappa shape index (κ3) is 4.72. The summed E-state index contributed by atoms with van der Waals surface area (Å²) in [7, 11) is 0. The first kappa shape index (κ1) is 23.3. The largest absolute Gasteiger partial charge is 0.618 e. The molecule has 2 heterocycles. The molecule has 3 aromatic carbocycles. The van der Waals surface area contributed by atoms with Gasteiger partial charge in [-0.3, -0.25) is 4.79 Å². The van der Waals surface area contributed by atoms with E-state index < -0.39 is 12.2 Å². The minimum atomic E-state index is -1.07. The summed E-state index contributed by atoms with van der Waals surface area (Å²) in [6.45, 7) is 3.90. The number of hydrogen-bond donors (Lipinski definition) is 2. The van der Waals surface area contributed by atoms with Crippen LogP contribution in [0, 0.1) is 12.1 Å². The monoisotopic (exact) mass is 478 g/mol. The van der Waals surface area contributed by atoms with Gasteiger partial charge in [0.05, 0.1) is 5.57 Å². The maximum absolute atomic E-state index is 13.1. The third-order valence-corrected chi connectivity index (χ3v) is 6.33. The second-order valence-corrected chi connectivity index (χ2v) is 8.91. The zero-order valence-corrected chi connectivity index (χ0v) is 20.0. The van der Waals surface area contributed by atoms with Gasteiger partial charge in [0.1, 0.15) is 11.9 Å². The third-order valence-electron chi connectivity index (χ3n) is 6.33. The Morgan fingerprint density at radius 2 is 1.72 bits per heavy atom. The molecule has 1 amide bonds. The van der Waals surface area contributed by atoms with Gasteiger partial charge >= 0.3 is 0 Å². The molecule has 1 aromatic heterocycles. The zero-order valence-electron chi connectivity index (χ0n) is 20.0. The highest BCUT2D eigenvalue weighted by molar-refractivity contribution is 6.08. The normalized spacial score (nSPS) is 15.3. The first-order valence-corrected chi connectivity index (χ1v) is 11.8. The van der Waals surface area contributed by atoms with E-state index in [1.807, 2.05) is 31.2 Å². The predicted octanol–water partition coefficient (Wildman–Crippen LogP) is 5.18. The van der Waals surface area contributed by atoms with Crippen LogP contribution in [0.4, 0.5) is 5.69 Å². The molecule has 4 aromatic rings. The van der Waals surface area contributed by atoms with Crippen LogP contribution in [0.25, 0.3) is 17.2 Å². The summed E-state index contributed by atoms with van der Waals surface area (Å²) in [5.41, 5.74) is 6.08. The molecular formula is C30H26N2O4. The highest BCUT2D eigenvalue weighted by atomic mass is 16.5. The molecule has 0 bridgehead atoms. The number of rotatable bonds is 5. The molecule has 2 unspecified atom stereocenters. The summed E-state index contributed by atoms with van der Waals surface area (Å²) in [5, 5.41) is 25.4. The average Bonchev–Trinajstić information content (AvgIpc) is 2.89. The number of carbonyl (C=O) groups excluding carboxylic acids is 1. The molecule has 36 heavy (non-hydrogen) atoms. The van der Waals surface area contributed by atoms with Crippen molar-refractivity contribution in [1.29, 1.82) is 0 Å². The number of pyridine rings is 1. The van der Waals surface area contributed by atoms with Crippen molar-refractivity contribution in [2.24, 2.45) is 0 Å². The first-order chi connectivity index (χ1) is 17.4. The number of ether oxygens (including phenoxy) is 1. The van der Waals surface area contributed by atoms with Gasteiger partial charge in [-0.1, -0.05) is 48.0 Å². The van der Waals surface area contributed by atoms with Crippen molar-refractivity contribution in [3.63, 3.8) is 0 Å². The smallest absolute Gasteiger partial charge is 0.255 e. The lowest BCUT2D eigenvalue weighted by Crippen LogP contribution is -2.33. The highest BCUT2D eigenvalue weighted by Gasteiger charge is 2.25. The van der Waals surface area contributed by atoms with E-state index >= 15 is 0 Å². The average molecular weight is 479 g/mol. The fraction of sp³-hybridized carbons (Fsp3) is 0.133. The van der Waals surface area contributed by atoms with Crippen LogP contribution in [-0.4, -0.2) is 17.1 Å². The molecule has 0 saturated carbocycles. The van der Waals surface area contributed by atoms with Crippen molar-refractivity contribution in [3.8, 4) is 16.9 Å². The second kappa shape index (κ2) is 9.68. The number of anilines is 1. The molecule has 6 nitrogen and oxygen atoms in total. The van der Waals surface area contributed by atoms with Crippen LogP contribution in [0.1, 0.15) is 35.4 Å². The van der Waals surface area contributed by atoms with Crippen LogP contribution < -0.4 is 14.8 Å². The fourth-order valence-corrected chi connectivity index (χ4v) is 4.26. The minimum absolute atomic E-state index is 0.233. The van der Waals surface area contributed by atoms with E-state index in [1.165, 1.54) is 11.8 Å².